The topological polar surface area (TPSA) is 49.3 Å². The van der Waals surface area contributed by atoms with Crippen molar-refractivity contribution in [1.29, 1.82) is 0 Å². The molecule has 88 valence electrons. The number of hydrogen-bond acceptors (Lipinski definition) is 2. The van der Waals surface area contributed by atoms with Crippen LogP contribution in [0, 0.1) is 0 Å². The number of hydrogen-bond donors (Lipinski definition) is 2. The van der Waals surface area contributed by atoms with Crippen LogP contribution in [0.4, 0.5) is 0 Å². The lowest BCUT2D eigenvalue weighted by molar-refractivity contribution is -0.118. The van der Waals surface area contributed by atoms with E-state index in [1.165, 1.54) is 0 Å². The Morgan fingerprint density at radius 1 is 1.41 bits per heavy atom. The Kier molecular flexibility index (Phi) is 2.33. The highest BCUT2D eigenvalue weighted by Crippen LogP contribution is 2.23. The number of amides is 1. The summed E-state index contributed by atoms with van der Waals surface area (Å²) in [6.45, 7) is -2.37. The molecule has 3 nitrogen and oxygen atoms in total. The van der Waals surface area contributed by atoms with Gasteiger partial charge in [0.15, 0.2) is 0 Å². The van der Waals surface area contributed by atoms with Crippen molar-refractivity contribution in [2.24, 2.45) is 0 Å². The molecule has 0 heterocycles. The maximum absolute atomic E-state index is 11.3. The third-order valence-corrected chi connectivity index (χ3v) is 2.64. The molecule has 2 rings (SSSR count). The van der Waals surface area contributed by atoms with Crippen LogP contribution >= 0.6 is 0 Å². The fraction of sp³-hybridized carbons (Fsp3) is 0.214. The van der Waals surface area contributed by atoms with Crippen LogP contribution in [-0.2, 0) is 11.2 Å². The van der Waals surface area contributed by atoms with Gasteiger partial charge in [-0.2, -0.15) is 0 Å². The number of aromatic hydroxyl groups is 1. The Morgan fingerprint density at radius 2 is 2.29 bits per heavy atom. The monoisotopic (exact) mass is 232 g/mol. The van der Waals surface area contributed by atoms with Gasteiger partial charge in [0.1, 0.15) is 5.75 Å². The number of carbonyl (C=O) groups excluding carboxylic acids is 1. The molecule has 0 aromatic heterocycles. The molecule has 17 heavy (non-hydrogen) atoms. The second-order valence-corrected chi connectivity index (χ2v) is 3.83. The Morgan fingerprint density at radius 3 is 3.12 bits per heavy atom. The van der Waals surface area contributed by atoms with Crippen molar-refractivity contribution in [2.45, 2.75) is 13.3 Å². The summed E-state index contributed by atoms with van der Waals surface area (Å²) < 4.78 is 20.9. The van der Waals surface area contributed by atoms with Crippen molar-refractivity contribution in [3.8, 4) is 5.75 Å². The predicted molar refractivity (Wildman–Crippen MR) is 68.0 cm³/mol. The van der Waals surface area contributed by atoms with Crippen LogP contribution in [0.1, 0.15) is 16.5 Å². The fourth-order valence-electron chi connectivity index (χ4n) is 1.85. The van der Waals surface area contributed by atoms with E-state index in [1.807, 2.05) is 24.3 Å². The lowest BCUT2D eigenvalue weighted by Crippen LogP contribution is -2.22. The van der Waals surface area contributed by atoms with E-state index in [4.69, 9.17) is 4.11 Å². The minimum absolute atomic E-state index is 0.177. The molecule has 0 spiro atoms. The van der Waals surface area contributed by atoms with Gasteiger partial charge < -0.3 is 10.4 Å². The van der Waals surface area contributed by atoms with Crippen molar-refractivity contribution in [3.05, 3.63) is 42.0 Å². The minimum Gasteiger partial charge on any atom is -0.508 e. The summed E-state index contributed by atoms with van der Waals surface area (Å²) in [5, 5.41) is 13.8. The average Bonchev–Trinajstić information content (AvgIpc) is 2.38. The van der Waals surface area contributed by atoms with E-state index in [0.717, 1.165) is 16.3 Å². The molecule has 3 heteroatoms. The summed E-state index contributed by atoms with van der Waals surface area (Å²) in [6, 6.07) is 10.8. The zero-order valence-electron chi connectivity index (χ0n) is 12.2. The maximum atomic E-state index is 11.3. The molecule has 0 aliphatic rings. The number of fused-ring (bicyclic) bond motifs is 1. The highest BCUT2D eigenvalue weighted by atomic mass is 16.3. The van der Waals surface area contributed by atoms with Crippen molar-refractivity contribution in [2.75, 3.05) is 6.54 Å². The molecular weight excluding hydrogens is 214 g/mol. The van der Waals surface area contributed by atoms with Gasteiger partial charge in [0.2, 0.25) is 5.91 Å². The molecule has 0 saturated carbocycles. The standard InChI is InChI=1S/C14H15NO2/c1-10(16)15-8-7-12-4-2-3-11-5-6-13(17)9-14(11)12/h2-6,9,17H,7-8H2,1H3,(H,15,16)/i1D3. The zero-order valence-corrected chi connectivity index (χ0v) is 9.23. The number of carbonyl (C=O) groups is 1. The van der Waals surface area contributed by atoms with E-state index >= 15 is 0 Å². The van der Waals surface area contributed by atoms with Gasteiger partial charge in [0, 0.05) is 17.5 Å². The third kappa shape index (κ3) is 2.75. The molecule has 0 radical (unpaired) electrons. The van der Waals surface area contributed by atoms with Crippen LogP contribution in [0.5, 0.6) is 5.75 Å². The van der Waals surface area contributed by atoms with E-state index in [9.17, 15) is 9.90 Å². The SMILES string of the molecule is [2H]C([2H])([2H])C(=O)NCCc1cccc2ccc(O)cc12. The molecular formula is C14H15NO2. The maximum Gasteiger partial charge on any atom is 0.216 e. The van der Waals surface area contributed by atoms with Gasteiger partial charge in [0.05, 0.1) is 0 Å². The molecule has 0 aliphatic heterocycles. The Hall–Kier alpha value is -2.03. The summed E-state index contributed by atoms with van der Waals surface area (Å²) >= 11 is 0. The number of phenolic OH excluding ortho intramolecular Hbond substituents is 1. The Balaban J connectivity index is 2.11. The quantitative estimate of drug-likeness (QED) is 0.852. The fourth-order valence-corrected chi connectivity index (χ4v) is 1.85. The molecule has 0 bridgehead atoms. The van der Waals surface area contributed by atoms with Crippen LogP contribution in [0.3, 0.4) is 0 Å². The molecule has 0 unspecified atom stereocenters. The molecule has 0 aliphatic carbocycles. The van der Waals surface area contributed by atoms with Gasteiger partial charge in [-0.3, -0.25) is 4.79 Å². The first-order chi connectivity index (χ1) is 9.38. The second kappa shape index (κ2) is 4.87. The van der Waals surface area contributed by atoms with Gasteiger partial charge >= 0.3 is 0 Å². The largest absolute Gasteiger partial charge is 0.508 e. The van der Waals surface area contributed by atoms with Crippen LogP contribution in [0.25, 0.3) is 10.8 Å². The first-order valence-corrected chi connectivity index (χ1v) is 5.37. The molecule has 1 amide bonds. The van der Waals surface area contributed by atoms with Crippen molar-refractivity contribution in [3.63, 3.8) is 0 Å². The average molecular weight is 232 g/mol. The minimum atomic E-state index is -2.61. The number of phenols is 1. The molecule has 2 N–H and O–H groups in total. The van der Waals surface area contributed by atoms with Crippen molar-refractivity contribution >= 4 is 16.7 Å². The van der Waals surface area contributed by atoms with Gasteiger partial charge in [-0.1, -0.05) is 24.3 Å². The van der Waals surface area contributed by atoms with Crippen molar-refractivity contribution < 1.29 is 14.0 Å². The summed E-state index contributed by atoms with van der Waals surface area (Å²) in [4.78, 5) is 11.3. The van der Waals surface area contributed by atoms with Gasteiger partial charge in [0.25, 0.3) is 0 Å². The van der Waals surface area contributed by atoms with Crippen LogP contribution in [0.2, 0.25) is 0 Å². The van der Waals surface area contributed by atoms with Gasteiger partial charge in [-0.15, -0.1) is 0 Å². The summed E-state index contributed by atoms with van der Waals surface area (Å²) in [7, 11) is 0. The molecule has 0 atom stereocenters. The first kappa shape index (κ1) is 8.12. The summed E-state index contributed by atoms with van der Waals surface area (Å²) in [5.74, 6) is -0.767. The van der Waals surface area contributed by atoms with Gasteiger partial charge in [-0.25, -0.2) is 0 Å². The molecule has 0 fully saturated rings. The number of rotatable bonds is 3. The lowest BCUT2D eigenvalue weighted by atomic mass is 10.0. The predicted octanol–water partition coefficient (Wildman–Crippen LogP) is 2.22. The zero-order chi connectivity index (χ0) is 14.8. The van der Waals surface area contributed by atoms with Gasteiger partial charge in [-0.05, 0) is 34.9 Å². The molecule has 2 aromatic rings. The van der Waals surface area contributed by atoms with Crippen LogP contribution < -0.4 is 5.32 Å². The second-order valence-electron chi connectivity index (χ2n) is 3.83. The summed E-state index contributed by atoms with van der Waals surface area (Å²) in [6.07, 6.45) is 0.503. The Bertz CT molecular complexity index is 638. The van der Waals surface area contributed by atoms with Crippen molar-refractivity contribution in [1.82, 2.24) is 5.32 Å². The summed E-state index contributed by atoms with van der Waals surface area (Å²) in [5.41, 5.74) is 0.948. The smallest absolute Gasteiger partial charge is 0.216 e. The van der Waals surface area contributed by atoms with Crippen LogP contribution in [0.15, 0.2) is 36.4 Å². The number of nitrogens with one attached hydrogen (secondary N) is 1. The van der Waals surface area contributed by atoms with E-state index in [1.54, 1.807) is 12.1 Å². The van der Waals surface area contributed by atoms with Crippen LogP contribution in [-0.4, -0.2) is 17.6 Å². The van der Waals surface area contributed by atoms with E-state index in [-0.39, 0.29) is 12.3 Å². The first-order valence-electron chi connectivity index (χ1n) is 6.87. The Labute approximate surface area is 104 Å². The molecule has 0 saturated heterocycles. The lowest BCUT2D eigenvalue weighted by Gasteiger charge is -2.07. The van der Waals surface area contributed by atoms with E-state index in [0.29, 0.717) is 6.42 Å². The van der Waals surface area contributed by atoms with E-state index in [2.05, 4.69) is 5.32 Å². The highest BCUT2D eigenvalue weighted by Gasteiger charge is 2.02. The normalized spacial score (nSPS) is 13.8. The highest BCUT2D eigenvalue weighted by molar-refractivity contribution is 5.87. The third-order valence-electron chi connectivity index (χ3n) is 2.64. The molecule has 2 aromatic carbocycles. The van der Waals surface area contributed by atoms with E-state index < -0.39 is 12.8 Å². The number of benzene rings is 2.